The summed E-state index contributed by atoms with van der Waals surface area (Å²) in [6.45, 7) is 0. The number of nitrogens with one attached hydrogen (secondary N) is 1. The average Bonchev–Trinajstić information content (AvgIpc) is 2.90. The molecule has 0 amide bonds. The van der Waals surface area contributed by atoms with Crippen molar-refractivity contribution < 1.29 is 22.7 Å². The lowest BCUT2D eigenvalue weighted by atomic mass is 10.1. The van der Waals surface area contributed by atoms with Crippen molar-refractivity contribution in [2.75, 3.05) is 5.75 Å². The van der Waals surface area contributed by atoms with Gasteiger partial charge in [-0.2, -0.15) is 17.4 Å². The highest BCUT2D eigenvalue weighted by Crippen LogP contribution is 2.30. The van der Waals surface area contributed by atoms with Gasteiger partial charge in [-0.05, 0) is 24.3 Å². The second-order valence-electron chi connectivity index (χ2n) is 4.95. The molecule has 0 fully saturated rings. The molecular weight excluding hydrogens is 338 g/mol. The maximum atomic E-state index is 12.4. The fourth-order valence-corrected chi connectivity index (χ4v) is 3.88. The number of thiol groups is 1. The van der Waals surface area contributed by atoms with Gasteiger partial charge in [0.25, 0.3) is 0 Å². The van der Waals surface area contributed by atoms with Crippen molar-refractivity contribution >= 4 is 50.6 Å². The zero-order valence-corrected chi connectivity index (χ0v) is 13.5. The molecule has 1 aromatic heterocycles. The van der Waals surface area contributed by atoms with Crippen LogP contribution in [0, 0.1) is 0 Å². The van der Waals surface area contributed by atoms with Crippen LogP contribution in [0.1, 0.15) is 0 Å². The summed E-state index contributed by atoms with van der Waals surface area (Å²) in [4.78, 5) is 11.0. The number of carboxylic acid groups (broad SMARTS) is 1. The number of rotatable bonds is 5. The van der Waals surface area contributed by atoms with Crippen molar-refractivity contribution in [3.05, 3.63) is 42.5 Å². The zero-order valence-electron chi connectivity index (χ0n) is 11.8. The topological polar surface area (TPSA) is 96.6 Å². The second kappa shape index (κ2) is 5.88. The van der Waals surface area contributed by atoms with Gasteiger partial charge in [-0.1, -0.05) is 18.2 Å². The van der Waals surface area contributed by atoms with Gasteiger partial charge in [0.1, 0.15) is 17.2 Å². The fraction of sp³-hybridized carbons (Fsp3) is 0.133. The van der Waals surface area contributed by atoms with E-state index in [4.69, 9.17) is 9.52 Å². The van der Waals surface area contributed by atoms with Crippen LogP contribution in [0.15, 0.2) is 51.8 Å². The van der Waals surface area contributed by atoms with Crippen LogP contribution in [-0.4, -0.2) is 31.3 Å². The maximum Gasteiger partial charge on any atom is 0.322 e. The Balaban J connectivity index is 2.08. The van der Waals surface area contributed by atoms with E-state index in [0.717, 1.165) is 5.39 Å². The number of hydrogen-bond donors (Lipinski definition) is 3. The van der Waals surface area contributed by atoms with Gasteiger partial charge in [-0.15, -0.1) is 0 Å². The van der Waals surface area contributed by atoms with Gasteiger partial charge in [0.15, 0.2) is 0 Å². The average molecular weight is 351 g/mol. The Kier molecular flexibility index (Phi) is 4.05. The minimum atomic E-state index is -3.98. The number of para-hydroxylation sites is 1. The van der Waals surface area contributed by atoms with E-state index in [1.54, 1.807) is 12.1 Å². The first-order valence-corrected chi connectivity index (χ1v) is 8.81. The summed E-state index contributed by atoms with van der Waals surface area (Å²) in [5, 5.41) is 10.4. The summed E-state index contributed by atoms with van der Waals surface area (Å²) in [7, 11) is -3.98. The Hall–Kier alpha value is -2.03. The van der Waals surface area contributed by atoms with Gasteiger partial charge in [0.05, 0.1) is 4.90 Å². The lowest BCUT2D eigenvalue weighted by Gasteiger charge is -2.12. The van der Waals surface area contributed by atoms with E-state index in [1.165, 1.54) is 12.1 Å². The molecule has 8 heteroatoms. The van der Waals surface area contributed by atoms with Crippen molar-refractivity contribution in [1.29, 1.82) is 0 Å². The number of fused-ring (bicyclic) bond motifs is 3. The normalized spacial score (nSPS) is 13.4. The van der Waals surface area contributed by atoms with Crippen LogP contribution in [0.2, 0.25) is 0 Å². The Morgan fingerprint density at radius 3 is 2.57 bits per heavy atom. The lowest BCUT2D eigenvalue weighted by Crippen LogP contribution is -2.42. The molecule has 0 aliphatic rings. The molecule has 23 heavy (non-hydrogen) atoms. The molecule has 0 bridgehead atoms. The summed E-state index contributed by atoms with van der Waals surface area (Å²) >= 11 is 3.85. The quantitative estimate of drug-likeness (QED) is 0.613. The van der Waals surface area contributed by atoms with Gasteiger partial charge in [0, 0.05) is 16.5 Å². The van der Waals surface area contributed by atoms with Crippen LogP contribution in [0.4, 0.5) is 0 Å². The number of hydrogen-bond acceptors (Lipinski definition) is 5. The van der Waals surface area contributed by atoms with E-state index in [1.807, 2.05) is 18.2 Å². The van der Waals surface area contributed by atoms with E-state index in [0.29, 0.717) is 16.6 Å². The first kappa shape index (κ1) is 15.9. The number of carbonyl (C=O) groups is 1. The maximum absolute atomic E-state index is 12.4. The molecule has 1 unspecified atom stereocenters. The molecule has 0 spiro atoms. The number of benzene rings is 2. The first-order chi connectivity index (χ1) is 10.9. The van der Waals surface area contributed by atoms with E-state index in [9.17, 15) is 13.2 Å². The molecule has 0 aliphatic carbocycles. The van der Waals surface area contributed by atoms with Crippen LogP contribution in [0.5, 0.6) is 0 Å². The van der Waals surface area contributed by atoms with Crippen LogP contribution in [-0.2, 0) is 14.8 Å². The molecule has 3 aromatic rings. The van der Waals surface area contributed by atoms with Gasteiger partial charge in [0.2, 0.25) is 10.0 Å². The van der Waals surface area contributed by atoms with E-state index >= 15 is 0 Å². The molecule has 3 rings (SSSR count). The molecule has 0 saturated heterocycles. The van der Waals surface area contributed by atoms with E-state index in [-0.39, 0.29) is 10.6 Å². The lowest BCUT2D eigenvalue weighted by molar-refractivity contribution is -0.138. The van der Waals surface area contributed by atoms with Crippen LogP contribution >= 0.6 is 12.6 Å². The summed E-state index contributed by atoms with van der Waals surface area (Å²) in [6.07, 6.45) is 0. The van der Waals surface area contributed by atoms with Crippen LogP contribution in [0.25, 0.3) is 21.9 Å². The highest BCUT2D eigenvalue weighted by molar-refractivity contribution is 7.89. The number of furan rings is 1. The van der Waals surface area contributed by atoms with Crippen molar-refractivity contribution in [1.82, 2.24) is 4.72 Å². The SMILES string of the molecule is O=C(O)C(CS)NS(=O)(=O)c1ccc2oc3ccccc3c2c1. The fourth-order valence-electron chi connectivity index (χ4n) is 2.29. The molecule has 1 heterocycles. The molecular formula is C15H13NO5S2. The smallest absolute Gasteiger partial charge is 0.322 e. The summed E-state index contributed by atoms with van der Waals surface area (Å²) < 4.78 is 32.5. The molecule has 2 aromatic carbocycles. The Morgan fingerprint density at radius 1 is 1.17 bits per heavy atom. The van der Waals surface area contributed by atoms with Gasteiger partial charge in [-0.25, -0.2) is 8.42 Å². The Bertz CT molecular complexity index is 993. The van der Waals surface area contributed by atoms with Crippen LogP contribution in [0.3, 0.4) is 0 Å². The molecule has 0 aliphatic heterocycles. The monoisotopic (exact) mass is 351 g/mol. The van der Waals surface area contributed by atoms with Gasteiger partial charge >= 0.3 is 5.97 Å². The van der Waals surface area contributed by atoms with Crippen molar-refractivity contribution in [3.63, 3.8) is 0 Å². The predicted octanol–water partition coefficient (Wildman–Crippen LogP) is 2.25. The summed E-state index contributed by atoms with van der Waals surface area (Å²) in [6, 6.07) is 10.4. The molecule has 1 atom stereocenters. The molecule has 2 N–H and O–H groups in total. The first-order valence-electron chi connectivity index (χ1n) is 6.69. The highest BCUT2D eigenvalue weighted by atomic mass is 32.2. The molecule has 6 nitrogen and oxygen atoms in total. The molecule has 120 valence electrons. The molecule has 0 radical (unpaired) electrons. The largest absolute Gasteiger partial charge is 0.480 e. The number of aliphatic carboxylic acids is 1. The van der Waals surface area contributed by atoms with Gasteiger partial charge in [-0.3, -0.25) is 4.79 Å². The predicted molar refractivity (Wildman–Crippen MR) is 89.3 cm³/mol. The van der Waals surface area contributed by atoms with E-state index in [2.05, 4.69) is 17.4 Å². The third kappa shape index (κ3) is 2.92. The van der Waals surface area contributed by atoms with E-state index < -0.39 is 22.0 Å². The van der Waals surface area contributed by atoms with Crippen LogP contribution < -0.4 is 4.72 Å². The minimum Gasteiger partial charge on any atom is -0.480 e. The highest BCUT2D eigenvalue weighted by Gasteiger charge is 2.24. The Labute approximate surface area is 137 Å². The standard InChI is InChI=1S/C15H13NO5S2/c17-15(18)12(8-22)16-23(19,20)9-5-6-14-11(7-9)10-3-1-2-4-13(10)21-14/h1-7,12,16,22H,8H2,(H,17,18). The van der Waals surface area contributed by atoms with Crippen molar-refractivity contribution in [3.8, 4) is 0 Å². The minimum absolute atomic E-state index is 0.0235. The Morgan fingerprint density at radius 2 is 1.87 bits per heavy atom. The zero-order chi connectivity index (χ0) is 16.6. The second-order valence-corrected chi connectivity index (χ2v) is 7.03. The van der Waals surface area contributed by atoms with Gasteiger partial charge < -0.3 is 9.52 Å². The number of sulfonamides is 1. The van der Waals surface area contributed by atoms with Crippen molar-refractivity contribution in [2.24, 2.45) is 0 Å². The number of carboxylic acids is 1. The summed E-state index contributed by atoms with van der Waals surface area (Å²) in [5.41, 5.74) is 1.22. The van der Waals surface area contributed by atoms with Crippen molar-refractivity contribution in [2.45, 2.75) is 10.9 Å². The third-order valence-corrected chi connectivity index (χ3v) is 5.27. The third-order valence-electron chi connectivity index (χ3n) is 3.44. The summed E-state index contributed by atoms with van der Waals surface area (Å²) in [5.74, 6) is -1.43. The molecule has 0 saturated carbocycles.